The van der Waals surface area contributed by atoms with E-state index in [1.54, 1.807) is 0 Å². The van der Waals surface area contributed by atoms with E-state index in [1.807, 2.05) is 18.6 Å². The summed E-state index contributed by atoms with van der Waals surface area (Å²) in [6, 6.07) is 12.7. The van der Waals surface area contributed by atoms with E-state index in [2.05, 4.69) is 51.8 Å². The van der Waals surface area contributed by atoms with Crippen LogP contribution in [-0.2, 0) is 6.54 Å². The number of rotatable bonds is 3. The molecule has 0 bridgehead atoms. The zero-order valence-electron chi connectivity index (χ0n) is 11.5. The highest BCUT2D eigenvalue weighted by molar-refractivity contribution is 5.74. The minimum absolute atomic E-state index is 0.622. The molecular formula is C17H17N3. The number of aryl methyl sites for hydroxylation is 1. The lowest BCUT2D eigenvalue weighted by Crippen LogP contribution is -2.00. The lowest BCUT2D eigenvalue weighted by molar-refractivity contribution is 0.623. The van der Waals surface area contributed by atoms with Crippen LogP contribution in [-0.4, -0.2) is 14.5 Å². The van der Waals surface area contributed by atoms with Crippen molar-refractivity contribution in [1.29, 1.82) is 0 Å². The third-order valence-corrected chi connectivity index (χ3v) is 4.20. The Morgan fingerprint density at radius 2 is 2.05 bits per heavy atom. The molecule has 3 heteroatoms. The lowest BCUT2D eigenvalue weighted by atomic mass is 10.2. The summed E-state index contributed by atoms with van der Waals surface area (Å²) in [7, 11) is 0. The molecule has 0 saturated heterocycles. The Labute approximate surface area is 118 Å². The Bertz CT molecular complexity index is 742. The Morgan fingerprint density at radius 3 is 2.90 bits per heavy atom. The van der Waals surface area contributed by atoms with Gasteiger partial charge in [0.1, 0.15) is 0 Å². The molecule has 2 unspecified atom stereocenters. The van der Waals surface area contributed by atoms with E-state index in [1.165, 1.54) is 23.2 Å². The van der Waals surface area contributed by atoms with Gasteiger partial charge in [-0.3, -0.25) is 4.98 Å². The van der Waals surface area contributed by atoms with Crippen molar-refractivity contribution in [3.8, 4) is 0 Å². The van der Waals surface area contributed by atoms with Gasteiger partial charge in [0.2, 0.25) is 0 Å². The zero-order valence-corrected chi connectivity index (χ0v) is 11.5. The van der Waals surface area contributed by atoms with Gasteiger partial charge >= 0.3 is 0 Å². The monoisotopic (exact) mass is 263 g/mol. The molecule has 0 amide bonds. The van der Waals surface area contributed by atoms with Gasteiger partial charge in [0, 0.05) is 24.4 Å². The largest absolute Gasteiger partial charge is 0.330 e. The second-order valence-electron chi connectivity index (χ2n) is 5.75. The molecular weight excluding hydrogens is 246 g/mol. The zero-order chi connectivity index (χ0) is 13.5. The topological polar surface area (TPSA) is 30.7 Å². The molecule has 2 atom stereocenters. The van der Waals surface area contributed by atoms with Crippen molar-refractivity contribution in [3.05, 3.63) is 60.2 Å². The SMILES string of the molecule is Cc1ccc(C2CC2Cn2cnc3ccccc32)nc1. The molecule has 1 aliphatic carbocycles. The fraction of sp³-hybridized carbons (Fsp3) is 0.294. The molecule has 1 aromatic carbocycles. The summed E-state index contributed by atoms with van der Waals surface area (Å²) in [5, 5.41) is 0. The van der Waals surface area contributed by atoms with Crippen molar-refractivity contribution in [2.24, 2.45) is 5.92 Å². The number of para-hydroxylation sites is 2. The molecule has 2 heterocycles. The Balaban J connectivity index is 1.52. The Morgan fingerprint density at radius 1 is 1.15 bits per heavy atom. The summed E-state index contributed by atoms with van der Waals surface area (Å²) in [6.07, 6.45) is 5.17. The number of nitrogens with zero attached hydrogens (tertiary/aromatic N) is 3. The van der Waals surface area contributed by atoms with E-state index in [0.717, 1.165) is 12.1 Å². The molecule has 1 aliphatic rings. The summed E-state index contributed by atoms with van der Waals surface area (Å²) in [5.74, 6) is 1.32. The molecule has 20 heavy (non-hydrogen) atoms. The predicted molar refractivity (Wildman–Crippen MR) is 79.6 cm³/mol. The van der Waals surface area contributed by atoms with Gasteiger partial charge in [-0.1, -0.05) is 18.2 Å². The first-order chi connectivity index (χ1) is 9.81. The van der Waals surface area contributed by atoms with Gasteiger partial charge in [-0.05, 0) is 43.0 Å². The van der Waals surface area contributed by atoms with Gasteiger partial charge in [0.05, 0.1) is 17.4 Å². The average Bonchev–Trinajstić information content (AvgIpc) is 3.12. The van der Waals surface area contributed by atoms with Gasteiger partial charge in [-0.15, -0.1) is 0 Å². The minimum Gasteiger partial charge on any atom is -0.330 e. The molecule has 4 rings (SSSR count). The Kier molecular flexibility index (Phi) is 2.59. The highest BCUT2D eigenvalue weighted by Crippen LogP contribution is 2.47. The fourth-order valence-corrected chi connectivity index (χ4v) is 2.92. The van der Waals surface area contributed by atoms with Crippen LogP contribution < -0.4 is 0 Å². The second kappa shape index (κ2) is 4.44. The van der Waals surface area contributed by atoms with E-state index >= 15 is 0 Å². The van der Waals surface area contributed by atoms with E-state index in [9.17, 15) is 0 Å². The van der Waals surface area contributed by atoms with Crippen LogP contribution in [0.15, 0.2) is 48.9 Å². The molecule has 100 valence electrons. The standard InChI is InChI=1S/C17H17N3/c1-12-6-7-15(18-9-12)14-8-13(14)10-20-11-19-16-4-2-3-5-17(16)20/h2-7,9,11,13-14H,8,10H2,1H3. The van der Waals surface area contributed by atoms with Crippen molar-refractivity contribution < 1.29 is 0 Å². The number of hydrogen-bond donors (Lipinski definition) is 0. The normalized spacial score (nSPS) is 21.2. The summed E-state index contributed by atoms with van der Waals surface area (Å²) >= 11 is 0. The summed E-state index contributed by atoms with van der Waals surface area (Å²) in [4.78, 5) is 9.01. The van der Waals surface area contributed by atoms with E-state index < -0.39 is 0 Å². The highest BCUT2D eigenvalue weighted by Gasteiger charge is 2.39. The van der Waals surface area contributed by atoms with Crippen LogP contribution in [0.1, 0.15) is 23.6 Å². The molecule has 0 radical (unpaired) electrons. The first-order valence-corrected chi connectivity index (χ1v) is 7.14. The number of fused-ring (bicyclic) bond motifs is 1. The van der Waals surface area contributed by atoms with Crippen molar-refractivity contribution >= 4 is 11.0 Å². The smallest absolute Gasteiger partial charge is 0.0958 e. The molecule has 2 aromatic heterocycles. The number of pyridine rings is 1. The second-order valence-corrected chi connectivity index (χ2v) is 5.75. The van der Waals surface area contributed by atoms with Gasteiger partial charge < -0.3 is 4.57 Å². The van der Waals surface area contributed by atoms with Crippen molar-refractivity contribution in [2.45, 2.75) is 25.8 Å². The molecule has 3 nitrogen and oxygen atoms in total. The minimum atomic E-state index is 0.622. The van der Waals surface area contributed by atoms with E-state index in [0.29, 0.717) is 11.8 Å². The fourth-order valence-electron chi connectivity index (χ4n) is 2.92. The molecule has 1 fully saturated rings. The van der Waals surface area contributed by atoms with Crippen LogP contribution >= 0.6 is 0 Å². The number of benzene rings is 1. The van der Waals surface area contributed by atoms with E-state index in [4.69, 9.17) is 0 Å². The van der Waals surface area contributed by atoms with Crippen molar-refractivity contribution in [3.63, 3.8) is 0 Å². The van der Waals surface area contributed by atoms with Crippen LogP contribution in [0.2, 0.25) is 0 Å². The van der Waals surface area contributed by atoms with Crippen LogP contribution in [0.5, 0.6) is 0 Å². The summed E-state index contributed by atoms with van der Waals surface area (Å²) in [6.45, 7) is 3.12. The summed E-state index contributed by atoms with van der Waals surface area (Å²) < 4.78 is 2.27. The van der Waals surface area contributed by atoms with Crippen molar-refractivity contribution in [1.82, 2.24) is 14.5 Å². The average molecular weight is 263 g/mol. The molecule has 3 aromatic rings. The first-order valence-electron chi connectivity index (χ1n) is 7.14. The first kappa shape index (κ1) is 11.6. The van der Waals surface area contributed by atoms with Crippen LogP contribution in [0.4, 0.5) is 0 Å². The van der Waals surface area contributed by atoms with Crippen molar-refractivity contribution in [2.75, 3.05) is 0 Å². The quantitative estimate of drug-likeness (QED) is 0.723. The maximum atomic E-state index is 4.56. The number of aromatic nitrogens is 3. The molecule has 1 saturated carbocycles. The maximum Gasteiger partial charge on any atom is 0.0958 e. The maximum absolute atomic E-state index is 4.56. The van der Waals surface area contributed by atoms with Gasteiger partial charge in [-0.2, -0.15) is 0 Å². The van der Waals surface area contributed by atoms with Crippen LogP contribution in [0, 0.1) is 12.8 Å². The van der Waals surface area contributed by atoms with Gasteiger partial charge in [0.25, 0.3) is 0 Å². The van der Waals surface area contributed by atoms with E-state index in [-0.39, 0.29) is 0 Å². The molecule has 0 aliphatic heterocycles. The van der Waals surface area contributed by atoms with Crippen LogP contribution in [0.3, 0.4) is 0 Å². The Hall–Kier alpha value is -2.16. The van der Waals surface area contributed by atoms with Gasteiger partial charge in [0.15, 0.2) is 0 Å². The lowest BCUT2D eigenvalue weighted by Gasteiger charge is -2.04. The number of imidazole rings is 1. The predicted octanol–water partition coefficient (Wildman–Crippen LogP) is 3.54. The number of hydrogen-bond acceptors (Lipinski definition) is 2. The summed E-state index contributed by atoms with van der Waals surface area (Å²) in [5.41, 5.74) is 4.78. The highest BCUT2D eigenvalue weighted by atomic mass is 15.0. The van der Waals surface area contributed by atoms with Gasteiger partial charge in [-0.25, -0.2) is 4.98 Å². The van der Waals surface area contributed by atoms with Crippen LogP contribution in [0.25, 0.3) is 11.0 Å². The third kappa shape index (κ3) is 1.99. The third-order valence-electron chi connectivity index (χ3n) is 4.20. The molecule has 0 spiro atoms. The molecule has 0 N–H and O–H groups in total.